The van der Waals surface area contributed by atoms with Gasteiger partial charge in [-0.3, -0.25) is 0 Å². The van der Waals surface area contributed by atoms with Crippen molar-refractivity contribution in [3.63, 3.8) is 0 Å². The van der Waals surface area contributed by atoms with Crippen LogP contribution in [0.15, 0.2) is 75.4 Å². The molecule has 0 aromatic rings. The number of carboxylic acid groups (broad SMARTS) is 6. The van der Waals surface area contributed by atoms with E-state index in [-0.39, 0.29) is 11.0 Å². The van der Waals surface area contributed by atoms with Gasteiger partial charge in [0.25, 0.3) is 0 Å². The SMILES string of the molecule is C=C(CC(C)(C)C)C(=O)O.C=CC(=O)O.C=CC(=O)O.C=CC(=O)O.C=CC(=O)O.C=CC(=O)O.OCC(CO)(CO)CO.OCC(CO)(CO)CO. The van der Waals surface area contributed by atoms with Crippen LogP contribution in [0.5, 0.6) is 0 Å². The minimum absolute atomic E-state index is 0.0233. The molecule has 310 valence electrons. The van der Waals surface area contributed by atoms with E-state index in [1.54, 1.807) is 0 Å². The van der Waals surface area contributed by atoms with Crippen LogP contribution in [0.4, 0.5) is 0 Å². The third-order valence-electron chi connectivity index (χ3n) is 4.60. The molecule has 0 atom stereocenters. The van der Waals surface area contributed by atoms with Gasteiger partial charge >= 0.3 is 35.8 Å². The number of carbonyl (C=O) groups is 6. The molecule has 0 unspecified atom stereocenters. The molecule has 0 heterocycles. The third-order valence-corrected chi connectivity index (χ3v) is 4.60. The van der Waals surface area contributed by atoms with Gasteiger partial charge in [-0.1, -0.05) is 60.2 Å². The number of carboxylic acids is 6. The fourth-order valence-corrected chi connectivity index (χ4v) is 1.32. The third kappa shape index (κ3) is 65.9. The lowest BCUT2D eigenvalue weighted by Gasteiger charge is -2.23. The zero-order chi connectivity index (χ0) is 44.4. The summed E-state index contributed by atoms with van der Waals surface area (Å²) in [5, 5.41) is 114. The standard InChI is InChI=1S/C8H14O2.2C5H12O4.5C3H4O2/c1-6(7(9)10)5-8(2,3)4;2*6-1-5(2-7,3-8)4-9;5*1-2-3(4)5/h1,5H2,2-4H3,(H,9,10);2*6-9H,1-4H2;5*2H,1H2,(H,4,5). The van der Waals surface area contributed by atoms with Crippen molar-refractivity contribution in [2.45, 2.75) is 27.2 Å². The van der Waals surface area contributed by atoms with Crippen molar-refractivity contribution in [1.29, 1.82) is 0 Å². The summed E-state index contributed by atoms with van der Waals surface area (Å²) in [5.41, 5.74) is -1.91. The number of aliphatic hydroxyl groups excluding tert-OH is 8. The van der Waals surface area contributed by atoms with Crippen molar-refractivity contribution >= 4 is 35.8 Å². The first-order valence-corrected chi connectivity index (χ1v) is 14.2. The maximum absolute atomic E-state index is 10.3. The highest BCUT2D eigenvalue weighted by Crippen LogP contribution is 2.22. The molecule has 0 rings (SSSR count). The molecule has 20 nitrogen and oxygen atoms in total. The Labute approximate surface area is 307 Å². The van der Waals surface area contributed by atoms with Crippen LogP contribution in [0, 0.1) is 16.2 Å². The van der Waals surface area contributed by atoms with Crippen LogP contribution in [0.3, 0.4) is 0 Å². The van der Waals surface area contributed by atoms with Crippen molar-refractivity contribution < 1.29 is 100 Å². The first-order valence-electron chi connectivity index (χ1n) is 14.2. The second-order valence-electron chi connectivity index (χ2n) is 10.6. The first kappa shape index (κ1) is 66.2. The van der Waals surface area contributed by atoms with Crippen LogP contribution in [0.2, 0.25) is 0 Å². The summed E-state index contributed by atoms with van der Waals surface area (Å²) in [4.78, 5) is 56.5. The van der Waals surface area contributed by atoms with Gasteiger partial charge in [0.1, 0.15) is 0 Å². The lowest BCUT2D eigenvalue weighted by molar-refractivity contribution is -0.133. The molecule has 20 heteroatoms. The highest BCUT2D eigenvalue weighted by molar-refractivity contribution is 5.85. The number of aliphatic carboxylic acids is 6. The van der Waals surface area contributed by atoms with Crippen LogP contribution < -0.4 is 0 Å². The quantitative estimate of drug-likeness (QED) is 0.0908. The smallest absolute Gasteiger partial charge is 0.330 e. The second kappa shape index (κ2) is 43.1. The van der Waals surface area contributed by atoms with Crippen molar-refractivity contribution in [2.75, 3.05) is 52.9 Å². The molecular formula is C33H58O20. The summed E-state index contributed by atoms with van der Waals surface area (Å²) < 4.78 is 0. The van der Waals surface area contributed by atoms with E-state index in [0.29, 0.717) is 6.42 Å². The Morgan fingerprint density at radius 2 is 0.547 bits per heavy atom. The molecule has 0 bridgehead atoms. The fourth-order valence-electron chi connectivity index (χ4n) is 1.32. The molecule has 0 amide bonds. The largest absolute Gasteiger partial charge is 0.478 e. The Hall–Kier alpha value is -5.06. The summed E-state index contributed by atoms with van der Waals surface area (Å²) in [7, 11) is 0. The average molecular weight is 775 g/mol. The van der Waals surface area contributed by atoms with Gasteiger partial charge in [0.05, 0.1) is 63.7 Å². The highest BCUT2D eigenvalue weighted by Gasteiger charge is 2.27. The van der Waals surface area contributed by atoms with Crippen LogP contribution in [-0.4, -0.2) is 160 Å². The molecular weight excluding hydrogens is 716 g/mol. The molecule has 0 radical (unpaired) electrons. The van der Waals surface area contributed by atoms with Crippen molar-refractivity contribution in [2.24, 2.45) is 16.2 Å². The molecule has 14 N–H and O–H groups in total. The van der Waals surface area contributed by atoms with Crippen molar-refractivity contribution in [3.05, 3.63) is 75.4 Å². The number of hydrogen-bond donors (Lipinski definition) is 14. The van der Waals surface area contributed by atoms with Gasteiger partial charge in [0, 0.05) is 36.0 Å². The topological polar surface area (TPSA) is 386 Å². The van der Waals surface area contributed by atoms with E-state index in [1.165, 1.54) is 0 Å². The molecule has 0 aromatic carbocycles. The number of hydrogen-bond acceptors (Lipinski definition) is 14. The zero-order valence-corrected chi connectivity index (χ0v) is 30.2. The van der Waals surface area contributed by atoms with Crippen LogP contribution in [0.25, 0.3) is 0 Å². The molecule has 0 saturated heterocycles. The molecule has 0 aliphatic heterocycles. The van der Waals surface area contributed by atoms with Gasteiger partial charge in [-0.05, 0) is 11.8 Å². The Morgan fingerprint density at radius 1 is 0.415 bits per heavy atom. The summed E-state index contributed by atoms with van der Waals surface area (Å²) >= 11 is 0. The van der Waals surface area contributed by atoms with E-state index in [0.717, 1.165) is 30.4 Å². The maximum Gasteiger partial charge on any atom is 0.330 e. The lowest BCUT2D eigenvalue weighted by atomic mass is 9.88. The summed E-state index contributed by atoms with van der Waals surface area (Å²) in [6, 6.07) is 0. The molecule has 0 spiro atoms. The average Bonchev–Trinajstić information content (AvgIpc) is 3.11. The lowest BCUT2D eigenvalue weighted by Crippen LogP contribution is -2.37. The molecule has 0 fully saturated rings. The van der Waals surface area contributed by atoms with E-state index in [9.17, 15) is 28.8 Å². The highest BCUT2D eigenvalue weighted by atomic mass is 16.4. The number of rotatable bonds is 15. The van der Waals surface area contributed by atoms with Gasteiger partial charge in [-0.25, -0.2) is 28.8 Å². The van der Waals surface area contributed by atoms with Gasteiger partial charge in [-0.15, -0.1) is 0 Å². The Balaban J connectivity index is -0.0000000742. The molecule has 0 aromatic heterocycles. The van der Waals surface area contributed by atoms with Crippen LogP contribution in [0.1, 0.15) is 27.2 Å². The summed E-state index contributed by atoms with van der Waals surface area (Å²) in [6.45, 7) is 21.0. The normalized spacial score (nSPS) is 9.19. The molecule has 0 aliphatic rings. The Kier molecular flexibility index (Phi) is 53.9. The Bertz CT molecular complexity index is 906. The number of aliphatic hydroxyl groups is 8. The molecule has 53 heavy (non-hydrogen) atoms. The first-order chi connectivity index (χ1) is 24.2. The predicted octanol–water partition coefficient (Wildman–Crippen LogP) is -0.768. The van der Waals surface area contributed by atoms with Crippen molar-refractivity contribution in [1.82, 2.24) is 0 Å². The molecule has 0 saturated carbocycles. The Morgan fingerprint density at radius 3 is 0.566 bits per heavy atom. The van der Waals surface area contributed by atoms with E-state index in [2.05, 4.69) is 39.5 Å². The predicted molar refractivity (Wildman–Crippen MR) is 192 cm³/mol. The monoisotopic (exact) mass is 774 g/mol. The van der Waals surface area contributed by atoms with E-state index in [4.69, 9.17) is 71.5 Å². The zero-order valence-electron chi connectivity index (χ0n) is 30.2. The van der Waals surface area contributed by atoms with Gasteiger partial charge < -0.3 is 71.5 Å². The van der Waals surface area contributed by atoms with Crippen LogP contribution >= 0.6 is 0 Å². The van der Waals surface area contributed by atoms with Crippen LogP contribution in [-0.2, 0) is 28.8 Å². The second-order valence-corrected chi connectivity index (χ2v) is 10.6. The van der Waals surface area contributed by atoms with E-state index < -0.39 is 99.5 Å². The summed E-state index contributed by atoms with van der Waals surface area (Å²) in [6.07, 6.45) is 4.71. The molecule has 0 aliphatic carbocycles. The van der Waals surface area contributed by atoms with E-state index >= 15 is 0 Å². The summed E-state index contributed by atoms with van der Waals surface area (Å²) in [5.74, 6) is -5.80. The van der Waals surface area contributed by atoms with Gasteiger partial charge in [0.2, 0.25) is 0 Å². The minimum atomic E-state index is -1.11. The van der Waals surface area contributed by atoms with Gasteiger partial charge in [0.15, 0.2) is 0 Å². The maximum atomic E-state index is 10.3. The van der Waals surface area contributed by atoms with E-state index in [1.807, 2.05) is 20.8 Å². The fraction of sp³-hybridized carbons (Fsp3) is 0.455. The minimum Gasteiger partial charge on any atom is -0.478 e. The van der Waals surface area contributed by atoms with Gasteiger partial charge in [-0.2, -0.15) is 0 Å². The van der Waals surface area contributed by atoms with Crippen molar-refractivity contribution in [3.8, 4) is 0 Å².